The Bertz CT molecular complexity index is 1140. The molecule has 0 aromatic heterocycles. The Morgan fingerprint density at radius 3 is 2.43 bits per heavy atom. The fourth-order valence-corrected chi connectivity index (χ4v) is 5.00. The molecule has 3 heterocycles. The molecule has 0 bridgehead atoms. The Balaban J connectivity index is 0.000000480. The number of unbranched alkanes of at least 4 members (excludes halogenated alkanes) is 1. The second-order valence-corrected chi connectivity index (χ2v) is 9.45. The first kappa shape index (κ1) is 26.6. The monoisotopic (exact) mass is 531 g/mol. The first-order valence-electron chi connectivity index (χ1n) is 12.3. The van der Waals surface area contributed by atoms with Crippen LogP contribution in [0, 0.1) is 0 Å². The third-order valence-electron chi connectivity index (χ3n) is 6.61. The standard InChI is InChI=1S/C24H28ClN3O3.C2H2O4/c25-17-15-21(23-22(16-17)30-13-14-31-23)28-11-9-27(10-12-28)8-4-3-6-19-18-5-1-2-7-20(18)26-24(19)29;3-1(4)2(5)6/h1-2,5,7,15-16,19H,3-4,6,8-14H2,(H,26,29);(H,3,4)(H,5,6). The number of carboxylic acids is 2. The molecule has 198 valence electrons. The van der Waals surface area contributed by atoms with Gasteiger partial charge in [0.25, 0.3) is 0 Å². The number of amides is 1. The Hall–Kier alpha value is -3.50. The van der Waals surface area contributed by atoms with Crippen molar-refractivity contribution in [2.75, 3.05) is 56.2 Å². The summed E-state index contributed by atoms with van der Waals surface area (Å²) in [5, 5.41) is 18.5. The Morgan fingerprint density at radius 1 is 1.00 bits per heavy atom. The minimum absolute atomic E-state index is 0.00396. The van der Waals surface area contributed by atoms with Crippen LogP contribution in [0.1, 0.15) is 30.7 Å². The third kappa shape index (κ3) is 6.64. The number of anilines is 2. The van der Waals surface area contributed by atoms with E-state index in [4.69, 9.17) is 40.9 Å². The first-order chi connectivity index (χ1) is 17.8. The van der Waals surface area contributed by atoms with Crippen LogP contribution in [0.4, 0.5) is 11.4 Å². The van der Waals surface area contributed by atoms with Gasteiger partial charge in [0.1, 0.15) is 13.2 Å². The van der Waals surface area contributed by atoms with Crippen LogP contribution in [0.5, 0.6) is 11.5 Å². The molecule has 0 saturated carbocycles. The molecule has 3 aliphatic rings. The van der Waals surface area contributed by atoms with Crippen molar-refractivity contribution in [1.29, 1.82) is 0 Å². The average molecular weight is 532 g/mol. The summed E-state index contributed by atoms with van der Waals surface area (Å²) in [5.41, 5.74) is 3.16. The van der Waals surface area contributed by atoms with Crippen molar-refractivity contribution in [3.63, 3.8) is 0 Å². The minimum atomic E-state index is -1.82. The molecule has 0 aliphatic carbocycles. The van der Waals surface area contributed by atoms with E-state index in [1.165, 1.54) is 0 Å². The smallest absolute Gasteiger partial charge is 0.414 e. The van der Waals surface area contributed by atoms with Crippen LogP contribution in [0.15, 0.2) is 36.4 Å². The summed E-state index contributed by atoms with van der Waals surface area (Å²) in [4.78, 5) is 35.3. The molecule has 1 unspecified atom stereocenters. The summed E-state index contributed by atoms with van der Waals surface area (Å²) in [7, 11) is 0. The Labute approximate surface area is 219 Å². The predicted molar refractivity (Wildman–Crippen MR) is 138 cm³/mol. The molecule has 11 heteroatoms. The molecule has 3 aliphatic heterocycles. The van der Waals surface area contributed by atoms with Gasteiger partial charge in [0.05, 0.1) is 11.6 Å². The quantitative estimate of drug-likeness (QED) is 0.380. The van der Waals surface area contributed by atoms with E-state index < -0.39 is 11.9 Å². The number of piperazine rings is 1. The highest BCUT2D eigenvalue weighted by Crippen LogP contribution is 2.42. The van der Waals surface area contributed by atoms with E-state index in [0.29, 0.717) is 18.2 Å². The lowest BCUT2D eigenvalue weighted by molar-refractivity contribution is -0.159. The van der Waals surface area contributed by atoms with E-state index in [0.717, 1.165) is 80.4 Å². The average Bonchev–Trinajstić information content (AvgIpc) is 3.21. The summed E-state index contributed by atoms with van der Waals surface area (Å²) >= 11 is 6.31. The molecule has 1 saturated heterocycles. The fourth-order valence-electron chi connectivity index (χ4n) is 4.80. The van der Waals surface area contributed by atoms with Crippen molar-refractivity contribution in [3.8, 4) is 11.5 Å². The molecule has 10 nitrogen and oxygen atoms in total. The second-order valence-electron chi connectivity index (χ2n) is 9.01. The van der Waals surface area contributed by atoms with Gasteiger partial charge >= 0.3 is 11.9 Å². The number of fused-ring (bicyclic) bond motifs is 2. The van der Waals surface area contributed by atoms with Gasteiger partial charge in [-0.3, -0.25) is 9.69 Å². The van der Waals surface area contributed by atoms with Crippen LogP contribution >= 0.6 is 11.6 Å². The van der Waals surface area contributed by atoms with Crippen LogP contribution in [0.25, 0.3) is 0 Å². The van der Waals surface area contributed by atoms with E-state index in [9.17, 15) is 4.79 Å². The molecule has 3 N–H and O–H groups in total. The highest BCUT2D eigenvalue weighted by atomic mass is 35.5. The topological polar surface area (TPSA) is 129 Å². The van der Waals surface area contributed by atoms with Gasteiger partial charge in [0.15, 0.2) is 11.5 Å². The van der Waals surface area contributed by atoms with Crippen molar-refractivity contribution in [2.45, 2.75) is 25.2 Å². The predicted octanol–water partition coefficient (Wildman–Crippen LogP) is 3.30. The molecule has 2 aromatic carbocycles. The zero-order chi connectivity index (χ0) is 26.4. The van der Waals surface area contributed by atoms with Crippen LogP contribution in [0.3, 0.4) is 0 Å². The summed E-state index contributed by atoms with van der Waals surface area (Å²) < 4.78 is 11.6. The second kappa shape index (κ2) is 12.2. The fraction of sp³-hybridized carbons (Fsp3) is 0.423. The van der Waals surface area contributed by atoms with Gasteiger partial charge in [-0.25, -0.2) is 9.59 Å². The number of nitrogens with zero attached hydrogens (tertiary/aromatic N) is 2. The molecule has 2 aromatic rings. The molecule has 5 rings (SSSR count). The highest BCUT2D eigenvalue weighted by Gasteiger charge is 2.29. The van der Waals surface area contributed by atoms with Crippen LogP contribution in [0.2, 0.25) is 5.02 Å². The maximum absolute atomic E-state index is 12.3. The van der Waals surface area contributed by atoms with Gasteiger partial charge in [-0.2, -0.15) is 0 Å². The van der Waals surface area contributed by atoms with E-state index in [1.807, 2.05) is 30.3 Å². The largest absolute Gasteiger partial charge is 0.486 e. The lowest BCUT2D eigenvalue weighted by Crippen LogP contribution is -2.46. The first-order valence-corrected chi connectivity index (χ1v) is 12.6. The van der Waals surface area contributed by atoms with Gasteiger partial charge in [-0.05, 0) is 37.1 Å². The molecule has 0 radical (unpaired) electrons. The third-order valence-corrected chi connectivity index (χ3v) is 6.83. The number of carboxylic acid groups (broad SMARTS) is 2. The van der Waals surface area contributed by atoms with E-state index >= 15 is 0 Å². The number of ether oxygens (including phenoxy) is 2. The SMILES string of the molecule is O=C(O)C(=O)O.O=C1Nc2ccccc2C1CCCCN1CCN(c2cc(Cl)cc3c2OCCO3)CC1. The van der Waals surface area contributed by atoms with Gasteiger partial charge in [0, 0.05) is 43.0 Å². The summed E-state index contributed by atoms with van der Waals surface area (Å²) in [6.07, 6.45) is 3.07. The van der Waals surface area contributed by atoms with Gasteiger partial charge in [0.2, 0.25) is 5.91 Å². The van der Waals surface area contributed by atoms with Crippen molar-refractivity contribution >= 4 is 40.8 Å². The number of rotatable bonds is 6. The normalized spacial score (nSPS) is 18.4. The van der Waals surface area contributed by atoms with Crippen LogP contribution in [-0.4, -0.2) is 78.9 Å². The number of benzene rings is 2. The molecule has 1 atom stereocenters. The number of halogens is 1. The number of hydrogen-bond donors (Lipinski definition) is 3. The van der Waals surface area contributed by atoms with Gasteiger partial charge < -0.3 is 29.9 Å². The maximum Gasteiger partial charge on any atom is 0.414 e. The lowest BCUT2D eigenvalue weighted by Gasteiger charge is -2.37. The van der Waals surface area contributed by atoms with E-state index in [1.54, 1.807) is 0 Å². The summed E-state index contributed by atoms with van der Waals surface area (Å²) in [5.74, 6) is -1.94. The van der Waals surface area contributed by atoms with Crippen LogP contribution < -0.4 is 19.7 Å². The number of nitrogens with one attached hydrogen (secondary N) is 1. The van der Waals surface area contributed by atoms with Crippen molar-refractivity contribution in [3.05, 3.63) is 47.0 Å². The number of carbonyl (C=O) groups is 3. The minimum Gasteiger partial charge on any atom is -0.486 e. The zero-order valence-corrected chi connectivity index (χ0v) is 21.1. The molecular formula is C26H30ClN3O7. The highest BCUT2D eigenvalue weighted by molar-refractivity contribution is 6.31. The summed E-state index contributed by atoms with van der Waals surface area (Å²) in [6, 6.07) is 11.9. The van der Waals surface area contributed by atoms with Crippen LogP contribution in [-0.2, 0) is 14.4 Å². The number of aliphatic carboxylic acids is 2. The molecule has 1 amide bonds. The maximum atomic E-state index is 12.3. The van der Waals surface area contributed by atoms with E-state index in [-0.39, 0.29) is 11.8 Å². The Morgan fingerprint density at radius 2 is 1.70 bits per heavy atom. The van der Waals surface area contributed by atoms with Crippen molar-refractivity contribution in [1.82, 2.24) is 4.90 Å². The van der Waals surface area contributed by atoms with Crippen molar-refractivity contribution < 1.29 is 34.1 Å². The lowest BCUT2D eigenvalue weighted by atomic mass is 9.95. The molecule has 1 fully saturated rings. The van der Waals surface area contributed by atoms with Gasteiger partial charge in [-0.1, -0.05) is 36.2 Å². The Kier molecular flexibility index (Phi) is 8.73. The van der Waals surface area contributed by atoms with Crippen molar-refractivity contribution in [2.24, 2.45) is 0 Å². The van der Waals surface area contributed by atoms with Gasteiger partial charge in [-0.15, -0.1) is 0 Å². The number of carbonyl (C=O) groups excluding carboxylic acids is 1. The number of para-hydroxylation sites is 1. The molecule has 0 spiro atoms. The summed E-state index contributed by atoms with van der Waals surface area (Å²) in [6.45, 7) is 6.10. The number of hydrogen-bond acceptors (Lipinski definition) is 7. The molecule has 37 heavy (non-hydrogen) atoms. The zero-order valence-electron chi connectivity index (χ0n) is 20.3. The van der Waals surface area contributed by atoms with E-state index in [2.05, 4.69) is 21.2 Å². The molecular weight excluding hydrogens is 502 g/mol.